The number of nitrogens with two attached hydrogens (primary N) is 1. The maximum Gasteiger partial charge on any atom is 0.330 e. The first-order valence-electron chi connectivity index (χ1n) is 4.28. The van der Waals surface area contributed by atoms with E-state index in [9.17, 15) is 14.7 Å². The molecule has 1 aromatic rings. The van der Waals surface area contributed by atoms with Gasteiger partial charge in [-0.25, -0.2) is 10.2 Å². The Morgan fingerprint density at radius 1 is 1.38 bits per heavy atom. The number of nitrogens with one attached hydrogen (secondary N) is 2. The van der Waals surface area contributed by atoms with Crippen molar-refractivity contribution in [3.8, 4) is 11.5 Å². The number of aromatic hydroxyl groups is 1. The lowest BCUT2D eigenvalue weighted by atomic mass is 10.2. The van der Waals surface area contributed by atoms with Gasteiger partial charge in [0.2, 0.25) is 0 Å². The molecule has 16 heavy (non-hydrogen) atoms. The van der Waals surface area contributed by atoms with Gasteiger partial charge in [-0.15, -0.1) is 0 Å². The highest BCUT2D eigenvalue weighted by atomic mass is 16.5. The summed E-state index contributed by atoms with van der Waals surface area (Å²) in [5.74, 6) is -0.851. The first-order valence-corrected chi connectivity index (χ1v) is 4.28. The van der Waals surface area contributed by atoms with Crippen molar-refractivity contribution in [1.82, 2.24) is 10.9 Å². The van der Waals surface area contributed by atoms with Gasteiger partial charge in [0, 0.05) is 0 Å². The standard InChI is InChI=1S/C9H11N3O4/c1-16-6-4-2-3-5(7(6)13)8(14)11-12-9(10)15/h2-4,13H,1H3,(H,11,14)(H3,10,12,15). The van der Waals surface area contributed by atoms with E-state index in [1.807, 2.05) is 10.9 Å². The van der Waals surface area contributed by atoms with Gasteiger partial charge < -0.3 is 15.6 Å². The molecule has 0 saturated carbocycles. The van der Waals surface area contributed by atoms with Crippen LogP contribution in [0.25, 0.3) is 0 Å². The van der Waals surface area contributed by atoms with E-state index in [2.05, 4.69) is 0 Å². The van der Waals surface area contributed by atoms with Crippen molar-refractivity contribution in [2.75, 3.05) is 7.11 Å². The lowest BCUT2D eigenvalue weighted by molar-refractivity contribution is 0.0934. The van der Waals surface area contributed by atoms with Crippen LogP contribution in [0.2, 0.25) is 0 Å². The largest absolute Gasteiger partial charge is 0.504 e. The summed E-state index contributed by atoms with van der Waals surface area (Å²) in [7, 11) is 1.36. The third-order valence-electron chi connectivity index (χ3n) is 1.76. The predicted octanol–water partition coefficient (Wildman–Crippen LogP) is -0.286. The molecule has 0 unspecified atom stereocenters. The third kappa shape index (κ3) is 2.53. The molecular weight excluding hydrogens is 214 g/mol. The minimum atomic E-state index is -0.907. The first kappa shape index (κ1) is 11.6. The van der Waals surface area contributed by atoms with Crippen molar-refractivity contribution >= 4 is 11.9 Å². The average molecular weight is 225 g/mol. The van der Waals surface area contributed by atoms with E-state index in [-0.39, 0.29) is 17.1 Å². The van der Waals surface area contributed by atoms with Crippen molar-refractivity contribution < 1.29 is 19.4 Å². The van der Waals surface area contributed by atoms with Gasteiger partial charge >= 0.3 is 6.03 Å². The van der Waals surface area contributed by atoms with Crippen LogP contribution in [-0.2, 0) is 0 Å². The van der Waals surface area contributed by atoms with Crippen LogP contribution in [0.5, 0.6) is 11.5 Å². The number of hydrazine groups is 1. The van der Waals surface area contributed by atoms with E-state index >= 15 is 0 Å². The summed E-state index contributed by atoms with van der Waals surface area (Å²) >= 11 is 0. The lowest BCUT2D eigenvalue weighted by Crippen LogP contribution is -2.44. The number of methoxy groups -OCH3 is 1. The Kier molecular flexibility index (Phi) is 3.54. The zero-order valence-corrected chi connectivity index (χ0v) is 8.48. The van der Waals surface area contributed by atoms with Crippen LogP contribution in [0, 0.1) is 0 Å². The first-order chi connectivity index (χ1) is 7.56. The molecule has 86 valence electrons. The molecule has 3 amide bonds. The molecule has 0 bridgehead atoms. The minimum Gasteiger partial charge on any atom is -0.504 e. The number of carbonyl (C=O) groups excluding carboxylic acids is 2. The smallest absolute Gasteiger partial charge is 0.330 e. The highest BCUT2D eigenvalue weighted by molar-refractivity contribution is 5.98. The second-order valence-corrected chi connectivity index (χ2v) is 2.80. The van der Waals surface area contributed by atoms with Gasteiger partial charge in [0.05, 0.1) is 12.7 Å². The number of hydrogen-bond acceptors (Lipinski definition) is 4. The Morgan fingerprint density at radius 2 is 2.06 bits per heavy atom. The van der Waals surface area contributed by atoms with Crippen LogP contribution in [0.15, 0.2) is 18.2 Å². The fraction of sp³-hybridized carbons (Fsp3) is 0.111. The number of urea groups is 1. The Bertz CT molecular complexity index is 419. The number of phenols is 1. The normalized spacial score (nSPS) is 9.31. The monoisotopic (exact) mass is 225 g/mol. The van der Waals surface area contributed by atoms with Crippen molar-refractivity contribution in [3.05, 3.63) is 23.8 Å². The van der Waals surface area contributed by atoms with Gasteiger partial charge in [0.1, 0.15) is 0 Å². The van der Waals surface area contributed by atoms with Gasteiger partial charge in [0.25, 0.3) is 5.91 Å². The lowest BCUT2D eigenvalue weighted by Gasteiger charge is -2.08. The number of ether oxygens (including phenoxy) is 1. The highest BCUT2D eigenvalue weighted by Crippen LogP contribution is 2.28. The van der Waals surface area contributed by atoms with Gasteiger partial charge in [-0.2, -0.15) is 0 Å². The van der Waals surface area contributed by atoms with E-state index in [1.165, 1.54) is 25.3 Å². The van der Waals surface area contributed by atoms with Crippen molar-refractivity contribution in [1.29, 1.82) is 0 Å². The minimum absolute atomic E-state index is 0.0342. The Hall–Kier alpha value is -2.44. The molecule has 0 radical (unpaired) electrons. The van der Waals surface area contributed by atoms with E-state index in [0.717, 1.165) is 0 Å². The summed E-state index contributed by atoms with van der Waals surface area (Å²) in [4.78, 5) is 21.8. The van der Waals surface area contributed by atoms with Crippen LogP contribution in [0.1, 0.15) is 10.4 Å². The number of phenolic OH excluding ortho intramolecular Hbond substituents is 1. The van der Waals surface area contributed by atoms with Crippen LogP contribution in [0.3, 0.4) is 0 Å². The van der Waals surface area contributed by atoms with Gasteiger partial charge in [-0.05, 0) is 12.1 Å². The molecule has 1 aromatic carbocycles. The molecule has 1 rings (SSSR count). The third-order valence-corrected chi connectivity index (χ3v) is 1.76. The topological polar surface area (TPSA) is 114 Å². The van der Waals surface area contributed by atoms with E-state index in [0.29, 0.717) is 0 Å². The molecule has 0 aliphatic carbocycles. The number of amides is 3. The summed E-state index contributed by atoms with van der Waals surface area (Å²) in [6.45, 7) is 0. The number of primary amides is 1. The zero-order valence-electron chi connectivity index (χ0n) is 8.48. The molecule has 0 aliphatic rings. The zero-order chi connectivity index (χ0) is 12.1. The van der Waals surface area contributed by atoms with Gasteiger partial charge in [0.15, 0.2) is 11.5 Å². The van der Waals surface area contributed by atoms with Crippen molar-refractivity contribution in [3.63, 3.8) is 0 Å². The number of hydrogen-bond donors (Lipinski definition) is 4. The second kappa shape index (κ2) is 4.87. The quantitative estimate of drug-likeness (QED) is 0.518. The summed E-state index contributed by atoms with van der Waals surface area (Å²) in [5.41, 5.74) is 8.63. The maximum atomic E-state index is 11.4. The molecule has 0 heterocycles. The predicted molar refractivity (Wildman–Crippen MR) is 54.8 cm³/mol. The second-order valence-electron chi connectivity index (χ2n) is 2.80. The molecule has 7 heteroatoms. The van der Waals surface area contributed by atoms with Crippen molar-refractivity contribution in [2.45, 2.75) is 0 Å². The molecule has 5 N–H and O–H groups in total. The Balaban J connectivity index is 2.87. The summed E-state index contributed by atoms with van der Waals surface area (Å²) in [6, 6.07) is 3.48. The van der Waals surface area contributed by atoms with Crippen LogP contribution >= 0.6 is 0 Å². The Labute approximate surface area is 91.2 Å². The summed E-state index contributed by atoms with van der Waals surface area (Å²) in [5, 5.41) is 9.59. The number of para-hydroxylation sites is 1. The maximum absolute atomic E-state index is 11.4. The highest BCUT2D eigenvalue weighted by Gasteiger charge is 2.14. The molecule has 0 atom stereocenters. The fourth-order valence-electron chi connectivity index (χ4n) is 1.06. The molecular formula is C9H11N3O4. The number of carbonyl (C=O) groups is 2. The SMILES string of the molecule is COc1cccc(C(=O)NNC(N)=O)c1O. The molecule has 0 aliphatic heterocycles. The van der Waals surface area contributed by atoms with Gasteiger partial charge in [-0.1, -0.05) is 6.07 Å². The van der Waals surface area contributed by atoms with Crippen LogP contribution < -0.4 is 21.3 Å². The Morgan fingerprint density at radius 3 is 2.62 bits per heavy atom. The molecule has 0 spiro atoms. The number of benzene rings is 1. The summed E-state index contributed by atoms with van der Waals surface area (Å²) < 4.78 is 4.82. The van der Waals surface area contributed by atoms with E-state index in [4.69, 9.17) is 10.5 Å². The fourth-order valence-corrected chi connectivity index (χ4v) is 1.06. The van der Waals surface area contributed by atoms with Gasteiger partial charge in [-0.3, -0.25) is 10.2 Å². The number of rotatable bonds is 2. The summed E-state index contributed by atoms with van der Waals surface area (Å²) in [6.07, 6.45) is 0. The average Bonchev–Trinajstić information content (AvgIpc) is 2.26. The van der Waals surface area contributed by atoms with Crippen LogP contribution in [-0.4, -0.2) is 24.2 Å². The van der Waals surface area contributed by atoms with Crippen molar-refractivity contribution in [2.24, 2.45) is 5.73 Å². The van der Waals surface area contributed by atoms with Crippen LogP contribution in [0.4, 0.5) is 4.79 Å². The molecule has 0 saturated heterocycles. The molecule has 7 nitrogen and oxygen atoms in total. The van der Waals surface area contributed by atoms with E-state index in [1.54, 1.807) is 0 Å². The molecule has 0 aromatic heterocycles. The molecule has 0 fully saturated rings. The van der Waals surface area contributed by atoms with E-state index < -0.39 is 11.9 Å².